The zero-order valence-electron chi connectivity index (χ0n) is 42.3. The van der Waals surface area contributed by atoms with Gasteiger partial charge in [0.25, 0.3) is 0 Å². The molecule has 0 spiro atoms. The molecule has 0 saturated heterocycles. The molecule has 0 heterocycles. The van der Waals surface area contributed by atoms with E-state index in [0.717, 1.165) is 64.2 Å². The summed E-state index contributed by atoms with van der Waals surface area (Å²) in [6, 6.07) is 0. The smallest absolute Gasteiger partial charge is 0.306 e. The van der Waals surface area contributed by atoms with Gasteiger partial charge in [-0.2, -0.15) is 0 Å². The zero-order chi connectivity index (χ0) is 46.3. The molecule has 5 nitrogen and oxygen atoms in total. The Balaban J connectivity index is 4.33. The van der Waals surface area contributed by atoms with Gasteiger partial charge in [-0.1, -0.05) is 241 Å². The number of esters is 2. The molecule has 5 heteroatoms. The van der Waals surface area contributed by atoms with Crippen molar-refractivity contribution in [3.63, 3.8) is 0 Å². The molecule has 368 valence electrons. The molecule has 64 heavy (non-hydrogen) atoms. The van der Waals surface area contributed by atoms with Crippen molar-refractivity contribution in [2.24, 2.45) is 0 Å². The fourth-order valence-corrected chi connectivity index (χ4v) is 7.41. The molecule has 0 aliphatic rings. The summed E-state index contributed by atoms with van der Waals surface area (Å²) < 4.78 is 17.4. The van der Waals surface area contributed by atoms with Crippen LogP contribution in [0.5, 0.6) is 0 Å². The van der Waals surface area contributed by atoms with Crippen molar-refractivity contribution in [1.82, 2.24) is 0 Å². The standard InChI is InChI=1S/C59H102O5/c1-4-7-10-13-16-19-22-25-27-28-29-30-31-33-36-39-42-45-48-51-54-62-55-57(64-59(61)53-50-47-44-41-38-34-24-21-18-15-12-9-6-3)56-63-58(60)52-49-46-43-40-37-35-32-26-23-20-17-14-11-8-5-2/h9,12,16,18-19,21,25,27,29-30,34,38,44,47,57H,4-8,10-11,13-15,17,20,22-24,26,28,31-33,35-37,39-43,45-46,48-56H2,1-3H3/b12-9-,19-16-,21-18-,27-25-,30-29-,38-34-,47-44-. The summed E-state index contributed by atoms with van der Waals surface area (Å²) in [4.78, 5) is 25.4. The van der Waals surface area contributed by atoms with E-state index in [-0.39, 0.29) is 25.2 Å². The van der Waals surface area contributed by atoms with Crippen LogP contribution in [-0.2, 0) is 23.8 Å². The molecular formula is C59H102O5. The van der Waals surface area contributed by atoms with Gasteiger partial charge in [0.1, 0.15) is 6.61 Å². The monoisotopic (exact) mass is 891 g/mol. The van der Waals surface area contributed by atoms with E-state index in [1.54, 1.807) is 0 Å². The van der Waals surface area contributed by atoms with E-state index in [0.29, 0.717) is 25.9 Å². The highest BCUT2D eigenvalue weighted by Crippen LogP contribution is 2.15. The Labute approximate surface area is 397 Å². The maximum Gasteiger partial charge on any atom is 0.306 e. The van der Waals surface area contributed by atoms with Gasteiger partial charge in [0.15, 0.2) is 6.10 Å². The van der Waals surface area contributed by atoms with Gasteiger partial charge in [-0.25, -0.2) is 0 Å². The average Bonchev–Trinajstić information content (AvgIpc) is 3.30. The summed E-state index contributed by atoms with van der Waals surface area (Å²) in [5.41, 5.74) is 0. The largest absolute Gasteiger partial charge is 0.462 e. The number of rotatable bonds is 49. The molecule has 0 aromatic carbocycles. The fourth-order valence-electron chi connectivity index (χ4n) is 7.41. The summed E-state index contributed by atoms with van der Waals surface area (Å²) in [6.07, 6.45) is 71.8. The van der Waals surface area contributed by atoms with Crippen LogP contribution in [0, 0.1) is 0 Å². The summed E-state index contributed by atoms with van der Waals surface area (Å²) in [5.74, 6) is -0.492. The van der Waals surface area contributed by atoms with E-state index >= 15 is 0 Å². The van der Waals surface area contributed by atoms with Crippen LogP contribution >= 0.6 is 0 Å². The van der Waals surface area contributed by atoms with Crippen molar-refractivity contribution in [3.8, 4) is 0 Å². The highest BCUT2D eigenvalue weighted by Gasteiger charge is 2.17. The molecule has 0 aliphatic carbocycles. The molecule has 0 aromatic rings. The number of ether oxygens (including phenoxy) is 3. The second-order valence-electron chi connectivity index (χ2n) is 17.8. The number of hydrogen-bond acceptors (Lipinski definition) is 5. The van der Waals surface area contributed by atoms with Crippen LogP contribution < -0.4 is 0 Å². The minimum Gasteiger partial charge on any atom is -0.462 e. The summed E-state index contributed by atoms with van der Waals surface area (Å²) in [5, 5.41) is 0. The predicted octanol–water partition coefficient (Wildman–Crippen LogP) is 18.5. The highest BCUT2D eigenvalue weighted by molar-refractivity contribution is 5.70. The van der Waals surface area contributed by atoms with Crippen molar-refractivity contribution >= 4 is 11.9 Å². The van der Waals surface area contributed by atoms with Crippen LogP contribution in [0.1, 0.15) is 252 Å². The topological polar surface area (TPSA) is 61.8 Å². The normalized spacial score (nSPS) is 12.9. The molecule has 1 unspecified atom stereocenters. The number of hydrogen-bond donors (Lipinski definition) is 0. The van der Waals surface area contributed by atoms with E-state index in [4.69, 9.17) is 14.2 Å². The number of carbonyl (C=O) groups is 2. The number of carbonyl (C=O) groups excluding carboxylic acids is 2. The molecule has 1 atom stereocenters. The number of allylic oxidation sites excluding steroid dienone is 14. The van der Waals surface area contributed by atoms with Crippen LogP contribution in [0.15, 0.2) is 85.1 Å². The minimum atomic E-state index is -0.581. The van der Waals surface area contributed by atoms with Crippen LogP contribution in [0.2, 0.25) is 0 Å². The van der Waals surface area contributed by atoms with Crippen molar-refractivity contribution in [3.05, 3.63) is 85.1 Å². The molecule has 0 amide bonds. The first-order chi connectivity index (χ1) is 31.6. The van der Waals surface area contributed by atoms with E-state index in [9.17, 15) is 9.59 Å². The van der Waals surface area contributed by atoms with Crippen LogP contribution in [0.4, 0.5) is 0 Å². The Morgan fingerprint density at radius 3 is 1.22 bits per heavy atom. The lowest BCUT2D eigenvalue weighted by Crippen LogP contribution is -2.30. The second-order valence-corrected chi connectivity index (χ2v) is 17.8. The van der Waals surface area contributed by atoms with Crippen molar-refractivity contribution in [2.45, 2.75) is 258 Å². The fraction of sp³-hybridized carbons (Fsp3) is 0.729. The van der Waals surface area contributed by atoms with Gasteiger partial charge in [-0.05, 0) is 83.5 Å². The predicted molar refractivity (Wildman–Crippen MR) is 279 cm³/mol. The summed E-state index contributed by atoms with van der Waals surface area (Å²) in [7, 11) is 0. The van der Waals surface area contributed by atoms with Gasteiger partial charge in [-0.3, -0.25) is 9.59 Å². The van der Waals surface area contributed by atoms with E-state index in [1.807, 2.05) is 6.08 Å². The highest BCUT2D eigenvalue weighted by atomic mass is 16.6. The van der Waals surface area contributed by atoms with Crippen molar-refractivity contribution in [1.29, 1.82) is 0 Å². The molecule has 0 saturated carbocycles. The minimum absolute atomic E-state index is 0.0516. The van der Waals surface area contributed by atoms with Gasteiger partial charge in [0.05, 0.1) is 6.61 Å². The molecule has 0 radical (unpaired) electrons. The quantitative estimate of drug-likeness (QED) is 0.0346. The molecule has 0 rings (SSSR count). The summed E-state index contributed by atoms with van der Waals surface area (Å²) >= 11 is 0. The van der Waals surface area contributed by atoms with Gasteiger partial charge in [0, 0.05) is 19.4 Å². The average molecular weight is 891 g/mol. The lowest BCUT2D eigenvalue weighted by atomic mass is 10.0. The van der Waals surface area contributed by atoms with Gasteiger partial charge in [-0.15, -0.1) is 0 Å². The van der Waals surface area contributed by atoms with Gasteiger partial charge < -0.3 is 14.2 Å². The molecule has 0 aromatic heterocycles. The maximum atomic E-state index is 12.8. The molecule has 0 N–H and O–H groups in total. The molecule has 0 aliphatic heterocycles. The third-order valence-electron chi connectivity index (χ3n) is 11.4. The Hall–Kier alpha value is -2.92. The third-order valence-corrected chi connectivity index (χ3v) is 11.4. The van der Waals surface area contributed by atoms with E-state index in [1.165, 1.54) is 148 Å². The summed E-state index contributed by atoms with van der Waals surface area (Å²) in [6.45, 7) is 7.60. The maximum absolute atomic E-state index is 12.8. The Morgan fingerprint density at radius 1 is 0.359 bits per heavy atom. The molecular weight excluding hydrogens is 789 g/mol. The van der Waals surface area contributed by atoms with Crippen LogP contribution in [0.3, 0.4) is 0 Å². The number of unbranched alkanes of at least 4 members (excludes halogenated alkanes) is 24. The van der Waals surface area contributed by atoms with Gasteiger partial charge in [0.2, 0.25) is 0 Å². The van der Waals surface area contributed by atoms with Crippen molar-refractivity contribution < 1.29 is 23.8 Å². The first kappa shape index (κ1) is 61.1. The van der Waals surface area contributed by atoms with Crippen LogP contribution in [-0.4, -0.2) is 37.9 Å². The lowest BCUT2D eigenvalue weighted by molar-refractivity contribution is -0.162. The molecule has 0 fully saturated rings. The molecule has 0 bridgehead atoms. The second kappa shape index (κ2) is 54.4. The Morgan fingerprint density at radius 2 is 0.734 bits per heavy atom. The van der Waals surface area contributed by atoms with Crippen molar-refractivity contribution in [2.75, 3.05) is 19.8 Å². The van der Waals surface area contributed by atoms with E-state index in [2.05, 4.69) is 99.8 Å². The Kier molecular flexibility index (Phi) is 51.9. The third kappa shape index (κ3) is 51.7. The van der Waals surface area contributed by atoms with Crippen LogP contribution in [0.25, 0.3) is 0 Å². The first-order valence-corrected chi connectivity index (χ1v) is 27.1. The zero-order valence-corrected chi connectivity index (χ0v) is 42.3. The van der Waals surface area contributed by atoms with E-state index < -0.39 is 6.10 Å². The lowest BCUT2D eigenvalue weighted by Gasteiger charge is -2.18. The first-order valence-electron chi connectivity index (χ1n) is 27.1. The Bertz CT molecular complexity index is 1190. The van der Waals surface area contributed by atoms with Gasteiger partial charge >= 0.3 is 11.9 Å². The SMILES string of the molecule is CC/C=C\C/C=C\C/C=C\C/C=C\CCC(=O)OC(COCCCCCCCCC/C=C\C/C=C\C/C=C\CCCCC)COC(=O)CCCCCCCCCCCCCCCCC.